The largest absolute Gasteiger partial charge is 0.309 e. The second-order valence-corrected chi connectivity index (χ2v) is 18.6. The zero-order chi connectivity index (χ0) is 34.3. The first kappa shape index (κ1) is 32.0. The van der Waals surface area contributed by atoms with E-state index >= 15 is 9.13 Å². The van der Waals surface area contributed by atoms with Gasteiger partial charge >= 0.3 is 0 Å². The summed E-state index contributed by atoms with van der Waals surface area (Å²) in [5.74, 6) is 0. The van der Waals surface area contributed by atoms with Gasteiger partial charge in [-0.15, -0.1) is 0 Å². The Kier molecular flexibility index (Phi) is 8.03. The average molecular weight is 687 g/mol. The molecule has 0 saturated carbocycles. The van der Waals surface area contributed by atoms with Crippen LogP contribution in [0.5, 0.6) is 0 Å². The first-order valence-electron chi connectivity index (χ1n) is 16.8. The maximum absolute atomic E-state index is 15.4. The van der Waals surface area contributed by atoms with Crippen LogP contribution in [-0.4, -0.2) is 4.98 Å². The lowest BCUT2D eigenvalue weighted by Gasteiger charge is -2.42. The number of pyridine rings is 1. The minimum absolute atomic E-state index is 0.389. The Labute approximate surface area is 293 Å². The number of benzene rings is 6. The average Bonchev–Trinajstić information content (AvgIpc) is 3.19. The van der Waals surface area contributed by atoms with E-state index in [2.05, 4.69) is 55.1 Å². The highest BCUT2D eigenvalue weighted by Crippen LogP contribution is 2.53. The molecule has 4 nitrogen and oxygen atoms in total. The van der Waals surface area contributed by atoms with Gasteiger partial charge in [0.2, 0.25) is 0 Å². The van der Waals surface area contributed by atoms with E-state index in [1.54, 1.807) is 0 Å². The number of aromatic nitrogens is 1. The molecule has 2 heterocycles. The lowest BCUT2D eigenvalue weighted by molar-refractivity contribution is 0.591. The van der Waals surface area contributed by atoms with Crippen LogP contribution in [0.25, 0.3) is 0 Å². The fourth-order valence-electron chi connectivity index (χ4n) is 7.27. The number of nitrogens with zero attached hydrogens (tertiary/aromatic N) is 2. The van der Waals surface area contributed by atoms with Crippen molar-refractivity contribution in [3.8, 4) is 0 Å². The van der Waals surface area contributed by atoms with Crippen molar-refractivity contribution in [3.63, 3.8) is 0 Å². The third-order valence-corrected chi connectivity index (χ3v) is 15.9. The van der Waals surface area contributed by atoms with Gasteiger partial charge in [-0.2, -0.15) is 0 Å². The number of rotatable bonds is 7. The summed E-state index contributed by atoms with van der Waals surface area (Å²) >= 11 is 0. The highest BCUT2D eigenvalue weighted by molar-refractivity contribution is 7.85. The molecule has 1 aromatic heterocycles. The number of fused-ring (bicyclic) bond motifs is 2. The summed E-state index contributed by atoms with van der Waals surface area (Å²) in [5.41, 5.74) is 5.27. The zero-order valence-electron chi connectivity index (χ0n) is 27.9. The van der Waals surface area contributed by atoms with Gasteiger partial charge in [0.05, 0.1) is 23.3 Å². The molecule has 244 valence electrons. The van der Waals surface area contributed by atoms with Crippen molar-refractivity contribution in [2.75, 3.05) is 4.90 Å². The van der Waals surface area contributed by atoms with E-state index in [1.165, 1.54) is 0 Å². The van der Waals surface area contributed by atoms with Crippen molar-refractivity contribution in [2.45, 2.75) is 19.3 Å². The Bertz CT molecular complexity index is 2310. The molecular weight excluding hydrogens is 650 g/mol. The van der Waals surface area contributed by atoms with Crippen LogP contribution >= 0.6 is 14.3 Å². The smallest absolute Gasteiger partial charge is 0.188 e. The van der Waals surface area contributed by atoms with E-state index in [9.17, 15) is 0 Å². The van der Waals surface area contributed by atoms with Crippen molar-refractivity contribution in [2.24, 2.45) is 0 Å². The van der Waals surface area contributed by atoms with E-state index in [0.717, 1.165) is 54.7 Å². The van der Waals surface area contributed by atoms with Gasteiger partial charge in [-0.1, -0.05) is 153 Å². The standard InChI is InChI=1S/C44H36N2O2P2/c1-44(2)39-25-15-16-26-41(39)46(33-27-30-43(45-32-33)50(48,36-21-11-5-12-22-36)37-23-13-6-14-24-37)42-29-28-38(31-40(42)44)49(47,34-17-7-3-8-18-34)35-19-9-4-10-20-35/h3-32H,1-2H3. The van der Waals surface area contributed by atoms with Gasteiger partial charge in [-0.05, 0) is 47.5 Å². The maximum Gasteiger partial charge on any atom is 0.188 e. The normalized spacial score (nSPS) is 13.7. The van der Waals surface area contributed by atoms with Crippen LogP contribution in [0.1, 0.15) is 25.0 Å². The predicted octanol–water partition coefficient (Wildman–Crippen LogP) is 8.47. The quantitative estimate of drug-likeness (QED) is 0.158. The first-order valence-corrected chi connectivity index (χ1v) is 20.2. The van der Waals surface area contributed by atoms with Crippen molar-refractivity contribution in [3.05, 3.63) is 193 Å². The van der Waals surface area contributed by atoms with Crippen LogP contribution in [0.4, 0.5) is 17.1 Å². The minimum atomic E-state index is -3.23. The number of para-hydroxylation sites is 1. The Morgan fingerprint density at radius 3 is 1.42 bits per heavy atom. The summed E-state index contributed by atoms with van der Waals surface area (Å²) in [5, 5.41) is 3.89. The first-order chi connectivity index (χ1) is 24.3. The number of hydrogen-bond acceptors (Lipinski definition) is 4. The molecule has 0 fully saturated rings. The topological polar surface area (TPSA) is 50.3 Å². The predicted molar refractivity (Wildman–Crippen MR) is 210 cm³/mol. The van der Waals surface area contributed by atoms with Gasteiger partial charge in [0.1, 0.15) is 5.44 Å². The van der Waals surface area contributed by atoms with Crippen molar-refractivity contribution in [1.29, 1.82) is 0 Å². The molecule has 0 unspecified atom stereocenters. The molecule has 0 saturated heterocycles. The van der Waals surface area contributed by atoms with E-state index in [-0.39, 0.29) is 5.41 Å². The van der Waals surface area contributed by atoms with Crippen LogP contribution in [0, 0.1) is 0 Å². The highest BCUT2D eigenvalue weighted by atomic mass is 31.2. The molecule has 1 aliphatic heterocycles. The van der Waals surface area contributed by atoms with Gasteiger partial charge in [0.25, 0.3) is 0 Å². The third-order valence-electron chi connectivity index (χ3n) is 9.87. The van der Waals surface area contributed by atoms with Gasteiger partial charge < -0.3 is 14.0 Å². The molecule has 0 N–H and O–H groups in total. The molecule has 50 heavy (non-hydrogen) atoms. The van der Waals surface area contributed by atoms with Crippen molar-refractivity contribution in [1.82, 2.24) is 4.98 Å². The van der Waals surface area contributed by atoms with Gasteiger partial charge in [0, 0.05) is 31.9 Å². The highest BCUT2D eigenvalue weighted by Gasteiger charge is 2.40. The van der Waals surface area contributed by atoms with Crippen LogP contribution in [0.2, 0.25) is 0 Å². The molecule has 6 heteroatoms. The Morgan fingerprint density at radius 2 is 0.920 bits per heavy atom. The summed E-state index contributed by atoms with van der Waals surface area (Å²) in [7, 11) is -6.44. The molecule has 0 atom stereocenters. The van der Waals surface area contributed by atoms with Crippen LogP contribution in [0.15, 0.2) is 182 Å². The number of hydrogen-bond donors (Lipinski definition) is 0. The van der Waals surface area contributed by atoms with E-state index in [0.29, 0.717) is 5.44 Å². The molecule has 0 amide bonds. The molecule has 0 spiro atoms. The van der Waals surface area contributed by atoms with E-state index < -0.39 is 14.3 Å². The molecule has 7 aromatic rings. The molecular formula is C44H36N2O2P2. The fraction of sp³-hybridized carbons (Fsp3) is 0.0682. The maximum atomic E-state index is 15.4. The molecule has 0 radical (unpaired) electrons. The zero-order valence-corrected chi connectivity index (χ0v) is 29.7. The Morgan fingerprint density at radius 1 is 0.460 bits per heavy atom. The van der Waals surface area contributed by atoms with Crippen molar-refractivity contribution < 1.29 is 9.13 Å². The lowest BCUT2D eigenvalue weighted by atomic mass is 9.73. The molecule has 6 aromatic carbocycles. The van der Waals surface area contributed by atoms with Crippen LogP contribution in [-0.2, 0) is 14.5 Å². The van der Waals surface area contributed by atoms with Crippen molar-refractivity contribution >= 4 is 63.3 Å². The second-order valence-electron chi connectivity index (χ2n) is 13.1. The van der Waals surface area contributed by atoms with Crippen LogP contribution in [0.3, 0.4) is 0 Å². The summed E-state index contributed by atoms with van der Waals surface area (Å²) in [6, 6.07) is 57.5. The van der Waals surface area contributed by atoms with E-state index in [4.69, 9.17) is 4.98 Å². The second kappa shape index (κ2) is 12.6. The fourth-order valence-corrected chi connectivity index (χ4v) is 12.5. The van der Waals surface area contributed by atoms with E-state index in [1.807, 2.05) is 146 Å². The summed E-state index contributed by atoms with van der Waals surface area (Å²) in [6.07, 6.45) is 1.83. The summed E-state index contributed by atoms with van der Waals surface area (Å²) in [4.78, 5) is 7.17. The third kappa shape index (κ3) is 5.11. The number of anilines is 3. The monoisotopic (exact) mass is 686 g/mol. The lowest BCUT2D eigenvalue weighted by Crippen LogP contribution is -2.33. The van der Waals surface area contributed by atoms with Gasteiger partial charge in [0.15, 0.2) is 14.3 Å². The van der Waals surface area contributed by atoms with Gasteiger partial charge in [-0.25, -0.2) is 0 Å². The van der Waals surface area contributed by atoms with Crippen LogP contribution < -0.4 is 36.9 Å². The molecule has 0 bridgehead atoms. The molecule has 8 rings (SSSR count). The molecule has 0 aliphatic carbocycles. The minimum Gasteiger partial charge on any atom is -0.309 e. The summed E-state index contributed by atoms with van der Waals surface area (Å²) < 4.78 is 30.5. The SMILES string of the molecule is CC1(C)c2ccccc2N(c2ccc(P(=O)(c3ccccc3)c3ccccc3)nc2)c2ccc(P(=O)(c3ccccc3)c3ccccc3)cc21. The molecule has 1 aliphatic rings. The summed E-state index contributed by atoms with van der Waals surface area (Å²) in [6.45, 7) is 4.47. The Hall–Kier alpha value is -5.27. The Balaban J connectivity index is 1.29. The van der Waals surface area contributed by atoms with Gasteiger partial charge in [-0.3, -0.25) is 4.98 Å².